The third kappa shape index (κ3) is 2.67. The summed E-state index contributed by atoms with van der Waals surface area (Å²) in [7, 11) is 2.12. The molecule has 100 valence electrons. The van der Waals surface area contributed by atoms with E-state index in [1.54, 1.807) is 0 Å². The summed E-state index contributed by atoms with van der Waals surface area (Å²) in [6.07, 6.45) is 1.28. The van der Waals surface area contributed by atoms with E-state index in [1.165, 1.54) is 0 Å². The minimum atomic E-state index is 0.228. The van der Waals surface area contributed by atoms with Crippen LogP contribution in [0.2, 0.25) is 0 Å². The molecule has 2 aromatic rings. The lowest BCUT2D eigenvalue weighted by Gasteiger charge is -2.15. The van der Waals surface area contributed by atoms with Gasteiger partial charge in [-0.15, -0.1) is 11.6 Å². The number of ether oxygens (including phenoxy) is 1. The molecule has 0 radical (unpaired) electrons. The van der Waals surface area contributed by atoms with Gasteiger partial charge in [0, 0.05) is 18.5 Å². The lowest BCUT2D eigenvalue weighted by molar-refractivity contribution is 0.202. The first-order chi connectivity index (χ1) is 9.26. The van der Waals surface area contributed by atoms with Gasteiger partial charge < -0.3 is 9.64 Å². The van der Waals surface area contributed by atoms with Crippen LogP contribution in [0.1, 0.15) is 12.1 Å². The van der Waals surface area contributed by atoms with Crippen molar-refractivity contribution in [3.63, 3.8) is 0 Å². The van der Waals surface area contributed by atoms with Crippen LogP contribution in [0.4, 0.5) is 0 Å². The number of halogens is 1. The van der Waals surface area contributed by atoms with Gasteiger partial charge in [0.2, 0.25) is 5.88 Å². The molecule has 1 fully saturated rings. The molecule has 19 heavy (non-hydrogen) atoms. The van der Waals surface area contributed by atoms with Gasteiger partial charge in [-0.1, -0.05) is 18.2 Å². The number of pyridine rings is 1. The molecule has 0 aliphatic carbocycles. The van der Waals surface area contributed by atoms with E-state index in [0.29, 0.717) is 11.8 Å². The molecule has 0 spiro atoms. The Morgan fingerprint density at radius 2 is 2.26 bits per heavy atom. The van der Waals surface area contributed by atoms with Crippen LogP contribution >= 0.6 is 11.6 Å². The van der Waals surface area contributed by atoms with Crippen LogP contribution in [0, 0.1) is 0 Å². The Bertz CT molecular complexity index is 587. The molecule has 2 heterocycles. The molecule has 1 aromatic heterocycles. The second-order valence-electron chi connectivity index (χ2n) is 5.06. The predicted octanol–water partition coefficient (Wildman–Crippen LogP) is 3.06. The van der Waals surface area contributed by atoms with Crippen molar-refractivity contribution < 1.29 is 4.74 Å². The van der Waals surface area contributed by atoms with Crippen molar-refractivity contribution in [1.82, 2.24) is 9.88 Å². The van der Waals surface area contributed by atoms with Gasteiger partial charge in [0.1, 0.15) is 6.10 Å². The van der Waals surface area contributed by atoms with Crippen molar-refractivity contribution in [2.45, 2.75) is 18.4 Å². The molecule has 1 unspecified atom stereocenters. The number of nitrogens with zero attached hydrogens (tertiary/aromatic N) is 2. The molecule has 1 aromatic carbocycles. The number of likely N-dealkylation sites (tertiary alicyclic amines) is 1. The fourth-order valence-electron chi connectivity index (χ4n) is 2.53. The Kier molecular flexibility index (Phi) is 3.58. The van der Waals surface area contributed by atoms with Crippen LogP contribution in [-0.2, 0) is 5.88 Å². The van der Waals surface area contributed by atoms with Gasteiger partial charge in [0.05, 0.1) is 11.6 Å². The maximum absolute atomic E-state index is 6.09. The number of benzene rings is 1. The first-order valence-electron chi connectivity index (χ1n) is 6.56. The number of hydrogen-bond donors (Lipinski definition) is 0. The van der Waals surface area contributed by atoms with Crippen LogP contribution in [0.3, 0.4) is 0 Å². The van der Waals surface area contributed by atoms with E-state index in [9.17, 15) is 0 Å². The normalized spacial score (nSPS) is 20.0. The molecular weight excluding hydrogens is 260 g/mol. The highest BCUT2D eigenvalue weighted by Crippen LogP contribution is 2.27. The fourth-order valence-corrected chi connectivity index (χ4v) is 2.66. The quantitative estimate of drug-likeness (QED) is 0.806. The summed E-state index contributed by atoms with van der Waals surface area (Å²) in [6, 6.07) is 10.2. The van der Waals surface area contributed by atoms with Gasteiger partial charge in [-0.3, -0.25) is 0 Å². The number of aromatic nitrogens is 1. The Labute approximate surface area is 118 Å². The van der Waals surface area contributed by atoms with Gasteiger partial charge in [0.25, 0.3) is 0 Å². The van der Waals surface area contributed by atoms with Crippen molar-refractivity contribution in [1.29, 1.82) is 0 Å². The topological polar surface area (TPSA) is 25.4 Å². The average Bonchev–Trinajstić information content (AvgIpc) is 2.84. The maximum Gasteiger partial charge on any atom is 0.221 e. The minimum absolute atomic E-state index is 0.228. The van der Waals surface area contributed by atoms with E-state index < -0.39 is 0 Å². The number of hydrogen-bond acceptors (Lipinski definition) is 3. The van der Waals surface area contributed by atoms with Crippen LogP contribution in [0.25, 0.3) is 10.8 Å². The largest absolute Gasteiger partial charge is 0.472 e. The van der Waals surface area contributed by atoms with Gasteiger partial charge >= 0.3 is 0 Å². The van der Waals surface area contributed by atoms with Crippen molar-refractivity contribution in [3.8, 4) is 5.88 Å². The second kappa shape index (κ2) is 5.35. The van der Waals surface area contributed by atoms with Crippen LogP contribution in [-0.4, -0.2) is 36.1 Å². The molecule has 1 aliphatic rings. The Balaban J connectivity index is 1.96. The Hall–Kier alpha value is -1.32. The summed E-state index contributed by atoms with van der Waals surface area (Å²) >= 11 is 5.91. The SMILES string of the molecule is CN1CCC(Oc2nc(CCl)cc3ccccc23)C1. The molecule has 1 aliphatic heterocycles. The average molecular weight is 277 g/mol. The number of rotatable bonds is 3. The smallest absolute Gasteiger partial charge is 0.221 e. The molecule has 4 heteroatoms. The lowest BCUT2D eigenvalue weighted by Crippen LogP contribution is -2.22. The molecule has 0 amide bonds. The molecule has 0 saturated carbocycles. The number of likely N-dealkylation sites (N-methyl/N-ethyl adjacent to an activating group) is 1. The summed E-state index contributed by atoms with van der Waals surface area (Å²) in [5.74, 6) is 1.13. The van der Waals surface area contributed by atoms with Crippen molar-refractivity contribution in [2.24, 2.45) is 0 Å². The van der Waals surface area contributed by atoms with Crippen molar-refractivity contribution in [2.75, 3.05) is 20.1 Å². The van der Waals surface area contributed by atoms with E-state index in [-0.39, 0.29) is 6.10 Å². The molecule has 0 N–H and O–H groups in total. The van der Waals surface area contributed by atoms with Gasteiger partial charge in [-0.25, -0.2) is 4.98 Å². The molecule has 3 nitrogen and oxygen atoms in total. The van der Waals surface area contributed by atoms with Crippen LogP contribution < -0.4 is 4.74 Å². The molecule has 1 saturated heterocycles. The third-order valence-electron chi connectivity index (χ3n) is 3.52. The summed E-state index contributed by atoms with van der Waals surface area (Å²) in [5.41, 5.74) is 0.863. The zero-order valence-corrected chi connectivity index (χ0v) is 11.7. The highest BCUT2D eigenvalue weighted by molar-refractivity contribution is 6.17. The summed E-state index contributed by atoms with van der Waals surface area (Å²) < 4.78 is 6.09. The molecule has 3 rings (SSSR count). The first kappa shape index (κ1) is 12.7. The standard InChI is InChI=1S/C15H17ClN2O/c1-18-7-6-13(10-18)19-15-14-5-3-2-4-11(14)8-12(9-16)17-15/h2-5,8,13H,6-7,9-10H2,1H3. The highest BCUT2D eigenvalue weighted by Gasteiger charge is 2.22. The van der Waals surface area contributed by atoms with Gasteiger partial charge in [0.15, 0.2) is 0 Å². The van der Waals surface area contributed by atoms with Crippen LogP contribution in [0.5, 0.6) is 5.88 Å². The monoisotopic (exact) mass is 276 g/mol. The summed E-state index contributed by atoms with van der Waals surface area (Å²) in [5, 5.41) is 2.19. The number of alkyl halides is 1. The Morgan fingerprint density at radius 3 is 3.00 bits per heavy atom. The van der Waals surface area contributed by atoms with E-state index in [2.05, 4.69) is 23.0 Å². The van der Waals surface area contributed by atoms with Crippen LogP contribution in [0.15, 0.2) is 30.3 Å². The fraction of sp³-hybridized carbons (Fsp3) is 0.400. The minimum Gasteiger partial charge on any atom is -0.472 e. The van der Waals surface area contributed by atoms with Gasteiger partial charge in [-0.2, -0.15) is 0 Å². The highest BCUT2D eigenvalue weighted by atomic mass is 35.5. The van der Waals surface area contributed by atoms with E-state index in [1.807, 2.05) is 24.3 Å². The summed E-state index contributed by atoms with van der Waals surface area (Å²) in [6.45, 7) is 2.04. The Morgan fingerprint density at radius 1 is 1.42 bits per heavy atom. The van der Waals surface area contributed by atoms with E-state index >= 15 is 0 Å². The maximum atomic E-state index is 6.09. The third-order valence-corrected chi connectivity index (χ3v) is 3.80. The van der Waals surface area contributed by atoms with Crippen molar-refractivity contribution >= 4 is 22.4 Å². The zero-order valence-electron chi connectivity index (χ0n) is 11.0. The van der Waals surface area contributed by atoms with E-state index in [4.69, 9.17) is 16.3 Å². The summed E-state index contributed by atoms with van der Waals surface area (Å²) in [4.78, 5) is 6.81. The first-order valence-corrected chi connectivity index (χ1v) is 7.09. The molecule has 1 atom stereocenters. The number of fused-ring (bicyclic) bond motifs is 1. The van der Waals surface area contributed by atoms with Gasteiger partial charge in [-0.05, 0) is 31.0 Å². The van der Waals surface area contributed by atoms with E-state index in [0.717, 1.165) is 36.0 Å². The van der Waals surface area contributed by atoms with Crippen molar-refractivity contribution in [3.05, 3.63) is 36.0 Å². The zero-order chi connectivity index (χ0) is 13.2. The second-order valence-corrected chi connectivity index (χ2v) is 5.33. The molecular formula is C15H17ClN2O. The lowest BCUT2D eigenvalue weighted by atomic mass is 10.1. The predicted molar refractivity (Wildman–Crippen MR) is 77.8 cm³/mol. The molecule has 0 bridgehead atoms.